The van der Waals surface area contributed by atoms with Crippen LogP contribution in [0.25, 0.3) is 0 Å². The van der Waals surface area contributed by atoms with E-state index in [1.807, 2.05) is 0 Å². The third-order valence-electron chi connectivity index (χ3n) is 4.28. The standard InChI is InChI=1S/C13H26N2O/c1-10(2)15-6-4-3-5-13(15)11-7-12(9-16)14-8-11/h10-14,16H,3-9H2,1-2H3. The van der Waals surface area contributed by atoms with Crippen LogP contribution in [-0.2, 0) is 0 Å². The summed E-state index contributed by atoms with van der Waals surface area (Å²) in [5, 5.41) is 12.6. The van der Waals surface area contributed by atoms with E-state index in [9.17, 15) is 5.11 Å². The van der Waals surface area contributed by atoms with E-state index in [0.717, 1.165) is 24.9 Å². The van der Waals surface area contributed by atoms with Crippen molar-refractivity contribution in [2.24, 2.45) is 5.92 Å². The normalized spacial score (nSPS) is 37.1. The van der Waals surface area contributed by atoms with Crippen LogP contribution in [0.2, 0.25) is 0 Å². The average molecular weight is 226 g/mol. The lowest BCUT2D eigenvalue weighted by Gasteiger charge is -2.41. The van der Waals surface area contributed by atoms with Gasteiger partial charge in [-0.25, -0.2) is 0 Å². The average Bonchev–Trinajstić information content (AvgIpc) is 2.77. The number of piperidine rings is 1. The van der Waals surface area contributed by atoms with Gasteiger partial charge < -0.3 is 10.4 Å². The third-order valence-corrected chi connectivity index (χ3v) is 4.28. The summed E-state index contributed by atoms with van der Waals surface area (Å²) in [6.45, 7) is 7.28. The highest BCUT2D eigenvalue weighted by Crippen LogP contribution is 2.30. The highest BCUT2D eigenvalue weighted by molar-refractivity contribution is 4.92. The molecule has 3 unspecified atom stereocenters. The molecule has 3 nitrogen and oxygen atoms in total. The Morgan fingerprint density at radius 2 is 2.19 bits per heavy atom. The molecule has 2 fully saturated rings. The van der Waals surface area contributed by atoms with E-state index >= 15 is 0 Å². The maximum absolute atomic E-state index is 9.18. The van der Waals surface area contributed by atoms with Gasteiger partial charge in [0.2, 0.25) is 0 Å². The number of rotatable bonds is 3. The van der Waals surface area contributed by atoms with E-state index in [0.29, 0.717) is 18.7 Å². The molecule has 2 N–H and O–H groups in total. The van der Waals surface area contributed by atoms with Crippen molar-refractivity contribution in [1.29, 1.82) is 0 Å². The van der Waals surface area contributed by atoms with Gasteiger partial charge in [-0.2, -0.15) is 0 Å². The smallest absolute Gasteiger partial charge is 0.0584 e. The van der Waals surface area contributed by atoms with Gasteiger partial charge in [0.25, 0.3) is 0 Å². The molecule has 0 bridgehead atoms. The minimum absolute atomic E-state index is 0.297. The molecule has 2 heterocycles. The summed E-state index contributed by atoms with van der Waals surface area (Å²) in [5.74, 6) is 0.750. The molecular weight excluding hydrogens is 200 g/mol. The van der Waals surface area contributed by atoms with Crippen molar-refractivity contribution in [3.8, 4) is 0 Å². The predicted molar refractivity (Wildman–Crippen MR) is 66.5 cm³/mol. The monoisotopic (exact) mass is 226 g/mol. The first-order valence-corrected chi connectivity index (χ1v) is 6.82. The fraction of sp³-hybridized carbons (Fsp3) is 1.00. The van der Waals surface area contributed by atoms with Crippen LogP contribution >= 0.6 is 0 Å². The summed E-state index contributed by atoms with van der Waals surface area (Å²) in [6.07, 6.45) is 5.25. The van der Waals surface area contributed by atoms with Crippen molar-refractivity contribution >= 4 is 0 Å². The Morgan fingerprint density at radius 3 is 2.81 bits per heavy atom. The third kappa shape index (κ3) is 2.58. The summed E-state index contributed by atoms with van der Waals surface area (Å²) in [5.41, 5.74) is 0. The maximum Gasteiger partial charge on any atom is 0.0584 e. The molecule has 3 atom stereocenters. The van der Waals surface area contributed by atoms with Crippen LogP contribution in [0.4, 0.5) is 0 Å². The van der Waals surface area contributed by atoms with E-state index < -0.39 is 0 Å². The van der Waals surface area contributed by atoms with Crippen molar-refractivity contribution in [3.63, 3.8) is 0 Å². The van der Waals surface area contributed by atoms with Crippen LogP contribution in [-0.4, -0.2) is 47.8 Å². The predicted octanol–water partition coefficient (Wildman–Crippen LogP) is 1.22. The van der Waals surface area contributed by atoms with Crippen LogP contribution in [0.5, 0.6) is 0 Å². The second-order valence-corrected chi connectivity index (χ2v) is 5.68. The highest BCUT2D eigenvalue weighted by Gasteiger charge is 2.35. The first-order valence-electron chi connectivity index (χ1n) is 6.82. The molecule has 2 aliphatic heterocycles. The number of hydrogen-bond donors (Lipinski definition) is 2. The number of nitrogens with one attached hydrogen (secondary N) is 1. The van der Waals surface area contributed by atoms with Crippen LogP contribution in [0, 0.1) is 5.92 Å². The number of nitrogens with zero attached hydrogens (tertiary/aromatic N) is 1. The molecule has 2 aliphatic rings. The number of hydrogen-bond acceptors (Lipinski definition) is 3. The Kier molecular flexibility index (Phi) is 4.22. The quantitative estimate of drug-likeness (QED) is 0.759. The van der Waals surface area contributed by atoms with E-state index in [1.54, 1.807) is 0 Å². The van der Waals surface area contributed by atoms with Gasteiger partial charge in [0.1, 0.15) is 0 Å². The van der Waals surface area contributed by atoms with Gasteiger partial charge in [-0.3, -0.25) is 4.90 Å². The second-order valence-electron chi connectivity index (χ2n) is 5.68. The van der Waals surface area contributed by atoms with Gasteiger partial charge in [0, 0.05) is 18.1 Å². The Balaban J connectivity index is 1.95. The zero-order chi connectivity index (χ0) is 11.5. The van der Waals surface area contributed by atoms with Gasteiger partial charge in [0.05, 0.1) is 6.61 Å². The summed E-state index contributed by atoms with van der Waals surface area (Å²) in [4.78, 5) is 2.68. The zero-order valence-corrected chi connectivity index (χ0v) is 10.7. The first kappa shape index (κ1) is 12.3. The summed E-state index contributed by atoms with van der Waals surface area (Å²) < 4.78 is 0. The lowest BCUT2D eigenvalue weighted by atomic mass is 9.87. The number of aliphatic hydroxyl groups excluding tert-OH is 1. The lowest BCUT2D eigenvalue weighted by molar-refractivity contribution is 0.0740. The van der Waals surface area contributed by atoms with Gasteiger partial charge in [0.15, 0.2) is 0 Å². The fourth-order valence-electron chi connectivity index (χ4n) is 3.41. The Labute approximate surface area is 99.2 Å². The Bertz CT molecular complexity index is 220. The molecule has 0 aliphatic carbocycles. The SMILES string of the molecule is CC(C)N1CCCCC1C1CNC(CO)C1. The molecular formula is C13H26N2O. The maximum atomic E-state index is 9.18. The lowest BCUT2D eigenvalue weighted by Crippen LogP contribution is -2.48. The highest BCUT2D eigenvalue weighted by atomic mass is 16.3. The minimum Gasteiger partial charge on any atom is -0.395 e. The second kappa shape index (κ2) is 5.48. The van der Waals surface area contributed by atoms with Crippen molar-refractivity contribution in [1.82, 2.24) is 10.2 Å². The summed E-state index contributed by atoms with van der Waals surface area (Å²) in [7, 11) is 0. The summed E-state index contributed by atoms with van der Waals surface area (Å²) >= 11 is 0. The van der Waals surface area contributed by atoms with Gasteiger partial charge in [-0.1, -0.05) is 6.42 Å². The molecule has 0 aromatic rings. The summed E-state index contributed by atoms with van der Waals surface area (Å²) in [6, 6.07) is 1.76. The number of likely N-dealkylation sites (tertiary alicyclic amines) is 1. The first-order chi connectivity index (χ1) is 7.72. The van der Waals surface area contributed by atoms with E-state index in [1.165, 1.54) is 25.8 Å². The molecule has 0 radical (unpaired) electrons. The minimum atomic E-state index is 0.297. The Morgan fingerprint density at radius 1 is 1.38 bits per heavy atom. The largest absolute Gasteiger partial charge is 0.395 e. The van der Waals surface area contributed by atoms with Crippen molar-refractivity contribution in [2.45, 2.75) is 57.7 Å². The van der Waals surface area contributed by atoms with Crippen LogP contribution in [0.3, 0.4) is 0 Å². The van der Waals surface area contributed by atoms with Crippen LogP contribution < -0.4 is 5.32 Å². The van der Waals surface area contributed by atoms with Crippen LogP contribution in [0.15, 0.2) is 0 Å². The molecule has 16 heavy (non-hydrogen) atoms. The topological polar surface area (TPSA) is 35.5 Å². The molecule has 0 saturated carbocycles. The van der Waals surface area contributed by atoms with Gasteiger partial charge in [-0.05, 0) is 52.1 Å². The Hall–Kier alpha value is -0.120. The molecule has 0 aromatic heterocycles. The molecule has 0 amide bonds. The van der Waals surface area contributed by atoms with E-state index in [2.05, 4.69) is 24.1 Å². The molecule has 2 rings (SSSR count). The molecule has 0 spiro atoms. The van der Waals surface area contributed by atoms with Crippen molar-refractivity contribution < 1.29 is 5.11 Å². The number of aliphatic hydroxyl groups is 1. The molecule has 0 aromatic carbocycles. The fourth-order valence-corrected chi connectivity index (χ4v) is 3.41. The van der Waals surface area contributed by atoms with Gasteiger partial charge >= 0.3 is 0 Å². The van der Waals surface area contributed by atoms with Crippen molar-refractivity contribution in [3.05, 3.63) is 0 Å². The molecule has 94 valence electrons. The van der Waals surface area contributed by atoms with Crippen LogP contribution in [0.1, 0.15) is 39.5 Å². The zero-order valence-electron chi connectivity index (χ0n) is 10.7. The van der Waals surface area contributed by atoms with E-state index in [4.69, 9.17) is 0 Å². The van der Waals surface area contributed by atoms with Crippen molar-refractivity contribution in [2.75, 3.05) is 19.7 Å². The molecule has 3 heteroatoms. The van der Waals surface area contributed by atoms with Gasteiger partial charge in [-0.15, -0.1) is 0 Å². The van der Waals surface area contributed by atoms with E-state index in [-0.39, 0.29) is 0 Å². The molecule has 2 saturated heterocycles.